The zero-order chi connectivity index (χ0) is 17.3. The molecular weight excluding hydrogens is 316 g/mol. The molecule has 0 spiro atoms. The Morgan fingerprint density at radius 3 is 2.83 bits per heavy atom. The van der Waals surface area contributed by atoms with Crippen molar-refractivity contribution >= 4 is 6.09 Å². The van der Waals surface area contributed by atoms with Gasteiger partial charge in [0.2, 0.25) is 0 Å². The molecule has 3 rings (SSSR count). The van der Waals surface area contributed by atoms with Crippen LogP contribution in [0.5, 0.6) is 0 Å². The predicted molar refractivity (Wildman–Crippen MR) is 83.4 cm³/mol. The molecule has 0 saturated carbocycles. The monoisotopic (exact) mass is 333 g/mol. The van der Waals surface area contributed by atoms with Crippen LogP contribution in [0.4, 0.5) is 13.6 Å². The third-order valence-electron chi connectivity index (χ3n) is 3.74. The molecule has 1 amide bonds. The Morgan fingerprint density at radius 1 is 1.38 bits per heavy atom. The van der Waals surface area contributed by atoms with Gasteiger partial charge >= 0.3 is 6.09 Å². The number of aromatic nitrogens is 2. The van der Waals surface area contributed by atoms with Crippen LogP contribution in [0.15, 0.2) is 36.7 Å². The van der Waals surface area contributed by atoms with E-state index >= 15 is 0 Å². The van der Waals surface area contributed by atoms with Crippen LogP contribution < -0.4 is 0 Å². The third-order valence-corrected chi connectivity index (χ3v) is 3.74. The Hall–Kier alpha value is -2.57. The summed E-state index contributed by atoms with van der Waals surface area (Å²) in [6.07, 6.45) is 2.53. The van der Waals surface area contributed by atoms with Crippen molar-refractivity contribution in [3.05, 3.63) is 47.9 Å². The number of carbonyl (C=O) groups is 1. The van der Waals surface area contributed by atoms with Crippen molar-refractivity contribution in [1.82, 2.24) is 14.9 Å². The van der Waals surface area contributed by atoms with Gasteiger partial charge in [-0.05, 0) is 13.0 Å². The molecule has 1 fully saturated rings. The lowest BCUT2D eigenvalue weighted by Gasteiger charge is -2.13. The second-order valence-corrected chi connectivity index (χ2v) is 5.94. The standard InChI is InChI=1S/C17H17F2N3O2/c1-11-9-22(16(23)24-11)10-14-7-20-8-15(21-14)12-4-3-5-13(6-12)17(2,18)19/h3-8,11H,9-10H2,1-2H3/t11-/m0/s1. The zero-order valence-corrected chi connectivity index (χ0v) is 13.4. The number of halogens is 2. The molecule has 1 aliphatic rings. The maximum atomic E-state index is 13.5. The normalized spacial score (nSPS) is 17.9. The summed E-state index contributed by atoms with van der Waals surface area (Å²) in [7, 11) is 0. The Bertz CT molecular complexity index is 761. The van der Waals surface area contributed by atoms with Gasteiger partial charge < -0.3 is 4.74 Å². The lowest BCUT2D eigenvalue weighted by atomic mass is 10.0. The summed E-state index contributed by atoms with van der Waals surface area (Å²) >= 11 is 0. The van der Waals surface area contributed by atoms with Gasteiger partial charge in [0.25, 0.3) is 5.92 Å². The highest BCUT2D eigenvalue weighted by Crippen LogP contribution is 2.29. The topological polar surface area (TPSA) is 55.3 Å². The lowest BCUT2D eigenvalue weighted by Crippen LogP contribution is -2.24. The Kier molecular flexibility index (Phi) is 4.17. The van der Waals surface area contributed by atoms with Crippen molar-refractivity contribution in [2.75, 3.05) is 6.54 Å². The van der Waals surface area contributed by atoms with Crippen LogP contribution in [0.3, 0.4) is 0 Å². The summed E-state index contributed by atoms with van der Waals surface area (Å²) in [5.41, 5.74) is 1.54. The molecule has 24 heavy (non-hydrogen) atoms. The van der Waals surface area contributed by atoms with E-state index < -0.39 is 5.92 Å². The molecule has 1 atom stereocenters. The Morgan fingerprint density at radius 2 is 2.17 bits per heavy atom. The minimum Gasteiger partial charge on any atom is -0.444 e. The first-order valence-corrected chi connectivity index (χ1v) is 7.58. The lowest BCUT2D eigenvalue weighted by molar-refractivity contribution is 0.0175. The summed E-state index contributed by atoms with van der Waals surface area (Å²) in [6, 6.07) is 6.05. The molecule has 2 heterocycles. The second kappa shape index (κ2) is 6.14. The first-order valence-electron chi connectivity index (χ1n) is 7.58. The van der Waals surface area contributed by atoms with E-state index in [2.05, 4.69) is 9.97 Å². The fourth-order valence-corrected chi connectivity index (χ4v) is 2.57. The third kappa shape index (κ3) is 3.50. The van der Waals surface area contributed by atoms with Gasteiger partial charge in [0.1, 0.15) is 6.10 Å². The van der Waals surface area contributed by atoms with Crippen LogP contribution in [-0.2, 0) is 17.2 Å². The van der Waals surface area contributed by atoms with Gasteiger partial charge in [-0.2, -0.15) is 0 Å². The van der Waals surface area contributed by atoms with Crippen LogP contribution >= 0.6 is 0 Å². The van der Waals surface area contributed by atoms with Gasteiger partial charge in [-0.25, -0.2) is 18.6 Å². The van der Waals surface area contributed by atoms with Crippen LogP contribution in [0.1, 0.15) is 25.1 Å². The van der Waals surface area contributed by atoms with Crippen molar-refractivity contribution in [2.45, 2.75) is 32.4 Å². The van der Waals surface area contributed by atoms with Crippen LogP contribution in [0.2, 0.25) is 0 Å². The molecule has 1 aromatic carbocycles. The Balaban J connectivity index is 1.84. The second-order valence-electron chi connectivity index (χ2n) is 5.94. The number of hydrogen-bond donors (Lipinski definition) is 0. The van der Waals surface area contributed by atoms with Crippen LogP contribution in [-0.4, -0.2) is 33.6 Å². The van der Waals surface area contributed by atoms with Crippen molar-refractivity contribution in [2.24, 2.45) is 0 Å². The molecular formula is C17H17F2N3O2. The van der Waals surface area contributed by atoms with Gasteiger partial charge in [-0.3, -0.25) is 9.88 Å². The molecule has 1 aromatic heterocycles. The maximum absolute atomic E-state index is 13.5. The molecule has 0 aliphatic carbocycles. The van der Waals surface area contributed by atoms with Gasteiger partial charge in [-0.15, -0.1) is 0 Å². The predicted octanol–water partition coefficient (Wildman–Crippen LogP) is 3.60. The number of hydrogen-bond acceptors (Lipinski definition) is 4. The van der Waals surface area contributed by atoms with E-state index in [1.807, 2.05) is 6.92 Å². The van der Waals surface area contributed by atoms with E-state index in [4.69, 9.17) is 4.74 Å². The zero-order valence-electron chi connectivity index (χ0n) is 13.4. The van der Waals surface area contributed by atoms with E-state index in [0.29, 0.717) is 23.5 Å². The average molecular weight is 333 g/mol. The molecule has 5 nitrogen and oxygen atoms in total. The summed E-state index contributed by atoms with van der Waals surface area (Å²) in [4.78, 5) is 21.8. The number of alkyl halides is 2. The van der Waals surface area contributed by atoms with Gasteiger partial charge in [0.05, 0.1) is 36.9 Å². The molecule has 2 aromatic rings. The highest BCUT2D eigenvalue weighted by Gasteiger charge is 2.28. The first kappa shape index (κ1) is 16.3. The van der Waals surface area contributed by atoms with E-state index in [0.717, 1.165) is 6.92 Å². The summed E-state index contributed by atoms with van der Waals surface area (Å²) < 4.78 is 32.0. The fourth-order valence-electron chi connectivity index (χ4n) is 2.57. The highest BCUT2D eigenvalue weighted by molar-refractivity contribution is 5.69. The number of rotatable bonds is 4. The molecule has 0 radical (unpaired) electrons. The largest absolute Gasteiger partial charge is 0.444 e. The van der Waals surface area contributed by atoms with E-state index in [1.54, 1.807) is 18.3 Å². The van der Waals surface area contributed by atoms with Gasteiger partial charge in [0, 0.05) is 18.1 Å². The van der Waals surface area contributed by atoms with Crippen molar-refractivity contribution in [3.63, 3.8) is 0 Å². The molecule has 1 saturated heterocycles. The smallest absolute Gasteiger partial charge is 0.410 e. The van der Waals surface area contributed by atoms with E-state index in [1.165, 1.54) is 23.2 Å². The maximum Gasteiger partial charge on any atom is 0.410 e. The van der Waals surface area contributed by atoms with Gasteiger partial charge in [-0.1, -0.05) is 18.2 Å². The van der Waals surface area contributed by atoms with Crippen molar-refractivity contribution < 1.29 is 18.3 Å². The van der Waals surface area contributed by atoms with E-state index in [-0.39, 0.29) is 24.3 Å². The number of carbonyl (C=O) groups excluding carboxylic acids is 1. The minimum atomic E-state index is -2.92. The molecule has 0 N–H and O–H groups in total. The van der Waals surface area contributed by atoms with Gasteiger partial charge in [0.15, 0.2) is 0 Å². The quantitative estimate of drug-likeness (QED) is 0.858. The average Bonchev–Trinajstić information content (AvgIpc) is 2.84. The first-order chi connectivity index (χ1) is 11.3. The molecule has 1 aliphatic heterocycles. The van der Waals surface area contributed by atoms with E-state index in [9.17, 15) is 13.6 Å². The van der Waals surface area contributed by atoms with Crippen molar-refractivity contribution in [1.29, 1.82) is 0 Å². The molecule has 0 bridgehead atoms. The molecule has 126 valence electrons. The van der Waals surface area contributed by atoms with Crippen molar-refractivity contribution in [3.8, 4) is 11.3 Å². The number of cyclic esters (lactones) is 1. The number of nitrogens with zero attached hydrogens (tertiary/aromatic N) is 3. The summed E-state index contributed by atoms with van der Waals surface area (Å²) in [5.74, 6) is -2.92. The van der Waals surface area contributed by atoms with Crippen LogP contribution in [0, 0.1) is 0 Å². The molecule has 7 heteroatoms. The minimum absolute atomic E-state index is 0.0795. The Labute approximate surface area is 138 Å². The molecule has 0 unspecified atom stereocenters. The fraction of sp³-hybridized carbons (Fsp3) is 0.353. The highest BCUT2D eigenvalue weighted by atomic mass is 19.3. The summed E-state index contributed by atoms with van der Waals surface area (Å²) in [6.45, 7) is 3.43. The number of amides is 1. The van der Waals surface area contributed by atoms with Crippen LogP contribution in [0.25, 0.3) is 11.3 Å². The SMILES string of the molecule is C[C@H]1CN(Cc2cncc(-c3cccc(C(C)(F)F)c3)n2)C(=O)O1. The number of benzene rings is 1. The number of ether oxygens (including phenoxy) is 1. The summed E-state index contributed by atoms with van der Waals surface area (Å²) in [5, 5.41) is 0.